The average molecular weight is 262 g/mol. The Labute approximate surface area is 103 Å². The predicted molar refractivity (Wildman–Crippen MR) is 66.3 cm³/mol. The van der Waals surface area contributed by atoms with E-state index in [0.29, 0.717) is 13.1 Å². The Kier molecular flexibility index (Phi) is 4.07. The van der Waals surface area contributed by atoms with Crippen molar-refractivity contribution < 1.29 is 13.5 Å². The van der Waals surface area contributed by atoms with Crippen LogP contribution in [0.1, 0.15) is 25.7 Å². The van der Waals surface area contributed by atoms with Crippen molar-refractivity contribution in [3.05, 3.63) is 0 Å². The summed E-state index contributed by atoms with van der Waals surface area (Å²) in [5.41, 5.74) is 0. The number of hydrogen-bond donors (Lipinski definition) is 1. The maximum absolute atomic E-state index is 12.4. The zero-order chi connectivity index (χ0) is 12.5. The highest BCUT2D eigenvalue weighted by Gasteiger charge is 2.36. The zero-order valence-electron chi connectivity index (χ0n) is 10.4. The lowest BCUT2D eigenvalue weighted by Gasteiger charge is -2.36. The third-order valence-corrected chi connectivity index (χ3v) is 6.00. The van der Waals surface area contributed by atoms with Gasteiger partial charge in [-0.15, -0.1) is 0 Å². The molecule has 2 rings (SSSR count). The Morgan fingerprint density at radius 3 is 2.47 bits per heavy atom. The van der Waals surface area contributed by atoms with Crippen molar-refractivity contribution in [2.75, 3.05) is 33.2 Å². The monoisotopic (exact) mass is 262 g/mol. The van der Waals surface area contributed by atoms with E-state index in [-0.39, 0.29) is 11.8 Å². The molecule has 0 aliphatic carbocycles. The summed E-state index contributed by atoms with van der Waals surface area (Å²) >= 11 is 0. The summed E-state index contributed by atoms with van der Waals surface area (Å²) in [5, 5.41) is 9.29. The number of rotatable bonds is 2. The summed E-state index contributed by atoms with van der Waals surface area (Å²) < 4.78 is 26.3. The standard InChI is InChI=1S/C11H22N2O3S/c1-12-6-3-5-11(9-12)17(15,16)13-7-2-4-10(14)8-13/h10-11,14H,2-9H2,1H3. The molecule has 2 heterocycles. The van der Waals surface area contributed by atoms with Crippen molar-refractivity contribution in [2.45, 2.75) is 37.0 Å². The highest BCUT2D eigenvalue weighted by Crippen LogP contribution is 2.22. The molecule has 2 fully saturated rings. The maximum Gasteiger partial charge on any atom is 0.218 e. The van der Waals surface area contributed by atoms with Crippen LogP contribution in [0.4, 0.5) is 0 Å². The van der Waals surface area contributed by atoms with Gasteiger partial charge in [0.1, 0.15) is 0 Å². The van der Waals surface area contributed by atoms with Gasteiger partial charge in [0.15, 0.2) is 0 Å². The molecule has 0 aromatic rings. The van der Waals surface area contributed by atoms with E-state index < -0.39 is 16.1 Å². The summed E-state index contributed by atoms with van der Waals surface area (Å²) in [7, 11) is -1.25. The molecule has 0 spiro atoms. The molecular weight excluding hydrogens is 240 g/mol. The van der Waals surface area contributed by atoms with Crippen LogP contribution in [0, 0.1) is 0 Å². The molecule has 100 valence electrons. The fraction of sp³-hybridized carbons (Fsp3) is 1.00. The summed E-state index contributed by atoms with van der Waals surface area (Å²) in [5.74, 6) is 0. The van der Waals surface area contributed by atoms with E-state index in [4.69, 9.17) is 0 Å². The molecule has 5 nitrogen and oxygen atoms in total. The first-order valence-corrected chi connectivity index (χ1v) is 7.86. The van der Waals surface area contributed by atoms with E-state index in [1.807, 2.05) is 7.05 Å². The topological polar surface area (TPSA) is 60.9 Å². The fourth-order valence-corrected chi connectivity index (χ4v) is 4.82. The molecule has 0 bridgehead atoms. The lowest BCUT2D eigenvalue weighted by atomic mass is 10.1. The van der Waals surface area contributed by atoms with Crippen molar-refractivity contribution in [3.63, 3.8) is 0 Å². The van der Waals surface area contributed by atoms with E-state index in [1.165, 1.54) is 4.31 Å². The molecule has 0 amide bonds. The normalized spacial score (nSPS) is 33.8. The molecule has 2 aliphatic rings. The number of sulfonamides is 1. The minimum atomic E-state index is -3.22. The second-order valence-electron chi connectivity index (χ2n) is 5.23. The predicted octanol–water partition coefficient (Wildman–Crippen LogP) is -0.133. The third-order valence-electron chi connectivity index (χ3n) is 3.72. The number of hydrogen-bond acceptors (Lipinski definition) is 4. The number of aliphatic hydroxyl groups excluding tert-OH is 1. The smallest absolute Gasteiger partial charge is 0.218 e. The zero-order valence-corrected chi connectivity index (χ0v) is 11.2. The first-order chi connectivity index (χ1) is 8.00. The van der Waals surface area contributed by atoms with Crippen LogP contribution >= 0.6 is 0 Å². The van der Waals surface area contributed by atoms with Gasteiger partial charge in [-0.2, -0.15) is 4.31 Å². The van der Waals surface area contributed by atoms with Crippen molar-refractivity contribution in [2.24, 2.45) is 0 Å². The Morgan fingerprint density at radius 2 is 1.82 bits per heavy atom. The maximum atomic E-state index is 12.4. The lowest BCUT2D eigenvalue weighted by Crippen LogP contribution is -2.50. The van der Waals surface area contributed by atoms with Gasteiger partial charge in [0.05, 0.1) is 11.4 Å². The second kappa shape index (κ2) is 5.22. The van der Waals surface area contributed by atoms with Gasteiger partial charge in [0.25, 0.3) is 0 Å². The molecule has 6 heteroatoms. The van der Waals surface area contributed by atoms with Gasteiger partial charge in [-0.25, -0.2) is 8.42 Å². The Balaban J connectivity index is 2.06. The van der Waals surface area contributed by atoms with Crippen LogP contribution in [0.5, 0.6) is 0 Å². The fourth-order valence-electron chi connectivity index (χ4n) is 2.73. The third kappa shape index (κ3) is 2.99. The molecule has 2 saturated heterocycles. The number of β-amino-alcohol motifs (C(OH)–C–C–N with tert-alkyl or cyclic N) is 1. The highest BCUT2D eigenvalue weighted by atomic mass is 32.2. The van der Waals surface area contributed by atoms with Gasteiger partial charge < -0.3 is 10.0 Å². The van der Waals surface area contributed by atoms with Crippen LogP contribution in [0.25, 0.3) is 0 Å². The minimum absolute atomic E-state index is 0.280. The number of likely N-dealkylation sites (tertiary alicyclic amines) is 1. The molecular formula is C11H22N2O3S. The molecule has 17 heavy (non-hydrogen) atoms. The van der Waals surface area contributed by atoms with Crippen molar-refractivity contribution in [1.29, 1.82) is 0 Å². The van der Waals surface area contributed by atoms with Crippen LogP contribution in [0.15, 0.2) is 0 Å². The van der Waals surface area contributed by atoms with E-state index in [9.17, 15) is 13.5 Å². The van der Waals surface area contributed by atoms with Gasteiger partial charge in [-0.3, -0.25) is 0 Å². The quantitative estimate of drug-likeness (QED) is 0.753. The van der Waals surface area contributed by atoms with Crippen molar-refractivity contribution in [3.8, 4) is 0 Å². The first kappa shape index (κ1) is 13.3. The van der Waals surface area contributed by atoms with Crippen LogP contribution in [-0.2, 0) is 10.0 Å². The van der Waals surface area contributed by atoms with Crippen LogP contribution in [-0.4, -0.2) is 67.3 Å². The van der Waals surface area contributed by atoms with E-state index in [1.54, 1.807) is 0 Å². The summed E-state index contributed by atoms with van der Waals surface area (Å²) in [6.45, 7) is 2.45. The lowest BCUT2D eigenvalue weighted by molar-refractivity contribution is 0.107. The molecule has 2 atom stereocenters. The minimum Gasteiger partial charge on any atom is -0.392 e. The van der Waals surface area contributed by atoms with Gasteiger partial charge in [-0.1, -0.05) is 0 Å². The molecule has 0 saturated carbocycles. The average Bonchev–Trinajstić information content (AvgIpc) is 2.29. The van der Waals surface area contributed by atoms with Gasteiger partial charge in [0, 0.05) is 19.6 Å². The Hall–Kier alpha value is -0.170. The van der Waals surface area contributed by atoms with Crippen LogP contribution in [0.2, 0.25) is 0 Å². The van der Waals surface area contributed by atoms with Crippen molar-refractivity contribution >= 4 is 10.0 Å². The molecule has 0 radical (unpaired) electrons. The summed E-state index contributed by atoms with van der Waals surface area (Å²) in [6.07, 6.45) is 2.69. The molecule has 0 aromatic heterocycles. The van der Waals surface area contributed by atoms with E-state index in [0.717, 1.165) is 32.2 Å². The second-order valence-corrected chi connectivity index (χ2v) is 7.44. The Bertz CT molecular complexity index is 330. The van der Waals surface area contributed by atoms with Gasteiger partial charge in [-0.05, 0) is 39.3 Å². The van der Waals surface area contributed by atoms with E-state index >= 15 is 0 Å². The molecule has 2 aliphatic heterocycles. The largest absolute Gasteiger partial charge is 0.392 e. The van der Waals surface area contributed by atoms with Crippen molar-refractivity contribution in [1.82, 2.24) is 9.21 Å². The number of nitrogens with zero attached hydrogens (tertiary/aromatic N) is 2. The Morgan fingerprint density at radius 1 is 1.12 bits per heavy atom. The van der Waals surface area contributed by atoms with Gasteiger partial charge in [0.2, 0.25) is 10.0 Å². The van der Waals surface area contributed by atoms with Crippen LogP contribution in [0.3, 0.4) is 0 Å². The molecule has 2 unspecified atom stereocenters. The first-order valence-electron chi connectivity index (χ1n) is 6.35. The highest BCUT2D eigenvalue weighted by molar-refractivity contribution is 7.89. The summed E-state index contributed by atoms with van der Waals surface area (Å²) in [6, 6.07) is 0. The summed E-state index contributed by atoms with van der Waals surface area (Å²) in [4.78, 5) is 2.08. The van der Waals surface area contributed by atoms with Crippen LogP contribution < -0.4 is 0 Å². The van der Waals surface area contributed by atoms with Gasteiger partial charge >= 0.3 is 0 Å². The SMILES string of the molecule is CN1CCCC(S(=O)(=O)N2CCCC(O)C2)C1. The molecule has 1 N–H and O–H groups in total. The molecule has 0 aromatic carbocycles. The number of piperidine rings is 2. The number of aliphatic hydroxyl groups is 1. The van der Waals surface area contributed by atoms with E-state index in [2.05, 4.69) is 4.90 Å².